The number of hydrogen-bond donors (Lipinski definition) is 4. The number of aliphatic carboxylic acids is 1. The standard InChI is InChI=1S/C33H31Cl2N3O5/c34-25-12-6-22(7-13-25)18-27(36)32(40)37-28-17-11-24(19-30(28)43-20-23-8-14-26(35)15-9-23)31(39)38-29(33(41)42)16-10-21-4-2-1-3-5-21/h1-9,11-15,17,19,27,29H,10,16,18,20,36H2,(H,37,40)(H,38,39)(H,41,42)/t27-,29-/m0/s1. The molecule has 10 heteroatoms. The fourth-order valence-electron chi connectivity index (χ4n) is 4.28. The first-order chi connectivity index (χ1) is 20.7. The number of ether oxygens (including phenoxy) is 1. The summed E-state index contributed by atoms with van der Waals surface area (Å²) in [6.07, 6.45) is 0.976. The van der Waals surface area contributed by atoms with Gasteiger partial charge in [0.05, 0.1) is 11.7 Å². The lowest BCUT2D eigenvalue weighted by Crippen LogP contribution is -2.41. The second-order valence-electron chi connectivity index (χ2n) is 9.94. The second-order valence-corrected chi connectivity index (χ2v) is 10.8. The van der Waals surface area contributed by atoms with Gasteiger partial charge in [-0.2, -0.15) is 0 Å². The molecule has 0 heterocycles. The first-order valence-electron chi connectivity index (χ1n) is 13.6. The van der Waals surface area contributed by atoms with E-state index in [9.17, 15) is 19.5 Å². The van der Waals surface area contributed by atoms with Crippen LogP contribution >= 0.6 is 23.2 Å². The molecular formula is C33H31Cl2N3O5. The lowest BCUT2D eigenvalue weighted by molar-refractivity contribution is -0.139. The number of amides is 2. The number of rotatable bonds is 13. The number of benzene rings is 4. The van der Waals surface area contributed by atoms with Crippen molar-refractivity contribution in [3.63, 3.8) is 0 Å². The third-order valence-electron chi connectivity index (χ3n) is 6.68. The number of carboxylic acid groups (broad SMARTS) is 1. The molecule has 0 aliphatic carbocycles. The molecule has 5 N–H and O–H groups in total. The smallest absolute Gasteiger partial charge is 0.326 e. The number of halogens is 2. The van der Waals surface area contributed by atoms with E-state index in [2.05, 4.69) is 10.6 Å². The molecule has 4 aromatic carbocycles. The lowest BCUT2D eigenvalue weighted by atomic mass is 10.0. The molecule has 0 saturated heterocycles. The van der Waals surface area contributed by atoms with E-state index in [1.807, 2.05) is 30.3 Å². The van der Waals surface area contributed by atoms with E-state index in [0.717, 1.165) is 16.7 Å². The predicted octanol–water partition coefficient (Wildman–Crippen LogP) is 5.90. The lowest BCUT2D eigenvalue weighted by Gasteiger charge is -2.18. The van der Waals surface area contributed by atoms with Gasteiger partial charge in [0.2, 0.25) is 5.91 Å². The number of nitrogens with two attached hydrogens (primary N) is 1. The summed E-state index contributed by atoms with van der Waals surface area (Å²) in [7, 11) is 0. The summed E-state index contributed by atoms with van der Waals surface area (Å²) in [6, 6.07) is 26.0. The summed E-state index contributed by atoms with van der Waals surface area (Å²) in [6.45, 7) is 0.122. The minimum absolute atomic E-state index is 0.122. The Hall–Kier alpha value is -4.37. The molecule has 0 fully saturated rings. The Bertz CT molecular complexity index is 1550. The first kappa shape index (κ1) is 31.6. The molecule has 0 unspecified atom stereocenters. The Morgan fingerprint density at radius 2 is 1.44 bits per heavy atom. The Kier molecular flexibility index (Phi) is 11.2. The Labute approximate surface area is 259 Å². The van der Waals surface area contributed by atoms with E-state index >= 15 is 0 Å². The van der Waals surface area contributed by atoms with Gasteiger partial charge in [-0.05, 0) is 78.4 Å². The van der Waals surface area contributed by atoms with Crippen molar-refractivity contribution >= 4 is 46.7 Å². The molecule has 4 aromatic rings. The van der Waals surface area contributed by atoms with Gasteiger partial charge in [-0.15, -0.1) is 0 Å². The number of nitrogens with one attached hydrogen (secondary N) is 2. The Balaban J connectivity index is 1.50. The summed E-state index contributed by atoms with van der Waals surface area (Å²) in [5, 5.41) is 16.3. The molecule has 43 heavy (non-hydrogen) atoms. The zero-order valence-electron chi connectivity index (χ0n) is 23.1. The van der Waals surface area contributed by atoms with Gasteiger partial charge in [0.25, 0.3) is 5.91 Å². The average Bonchev–Trinajstić information content (AvgIpc) is 3.00. The molecule has 222 valence electrons. The van der Waals surface area contributed by atoms with Gasteiger partial charge in [-0.25, -0.2) is 4.79 Å². The minimum atomic E-state index is -1.14. The van der Waals surface area contributed by atoms with Crippen molar-refractivity contribution in [3.05, 3.63) is 129 Å². The summed E-state index contributed by atoms with van der Waals surface area (Å²) >= 11 is 11.9. The van der Waals surface area contributed by atoms with Gasteiger partial charge in [0, 0.05) is 15.6 Å². The number of hydrogen-bond acceptors (Lipinski definition) is 5. The number of carboxylic acids is 1. The molecule has 2 amide bonds. The Morgan fingerprint density at radius 1 is 0.814 bits per heavy atom. The van der Waals surface area contributed by atoms with Crippen LogP contribution in [0.5, 0.6) is 5.75 Å². The minimum Gasteiger partial charge on any atom is -0.487 e. The maximum Gasteiger partial charge on any atom is 0.326 e. The predicted molar refractivity (Wildman–Crippen MR) is 168 cm³/mol. The van der Waals surface area contributed by atoms with Gasteiger partial charge in [-0.1, -0.05) is 77.8 Å². The van der Waals surface area contributed by atoms with E-state index < -0.39 is 29.9 Å². The third kappa shape index (κ3) is 9.58. The van der Waals surface area contributed by atoms with Crippen LogP contribution in [-0.2, 0) is 29.0 Å². The summed E-state index contributed by atoms with van der Waals surface area (Å²) in [4.78, 5) is 38.1. The van der Waals surface area contributed by atoms with Crippen LogP contribution in [0.4, 0.5) is 5.69 Å². The van der Waals surface area contributed by atoms with Gasteiger partial charge in [0.15, 0.2) is 0 Å². The fourth-order valence-corrected chi connectivity index (χ4v) is 4.53. The molecule has 4 rings (SSSR count). The van der Waals surface area contributed by atoms with E-state index in [4.69, 9.17) is 33.7 Å². The van der Waals surface area contributed by atoms with Crippen molar-refractivity contribution in [3.8, 4) is 5.75 Å². The molecule has 0 spiro atoms. The van der Waals surface area contributed by atoms with Crippen LogP contribution in [-0.4, -0.2) is 35.0 Å². The van der Waals surface area contributed by atoms with Gasteiger partial charge >= 0.3 is 5.97 Å². The van der Waals surface area contributed by atoms with Gasteiger partial charge in [0.1, 0.15) is 18.4 Å². The summed E-state index contributed by atoms with van der Waals surface area (Å²) in [5.74, 6) is -1.96. The van der Waals surface area contributed by atoms with E-state index in [-0.39, 0.29) is 30.8 Å². The summed E-state index contributed by atoms with van der Waals surface area (Å²) < 4.78 is 6.01. The van der Waals surface area contributed by atoms with Crippen LogP contribution in [0.2, 0.25) is 10.0 Å². The van der Waals surface area contributed by atoms with Crippen molar-refractivity contribution < 1.29 is 24.2 Å². The topological polar surface area (TPSA) is 131 Å². The van der Waals surface area contributed by atoms with E-state index in [0.29, 0.717) is 22.2 Å². The maximum atomic E-state index is 13.1. The van der Waals surface area contributed by atoms with Crippen LogP contribution in [0.25, 0.3) is 0 Å². The van der Waals surface area contributed by atoms with Crippen molar-refractivity contribution in [1.29, 1.82) is 0 Å². The highest BCUT2D eigenvalue weighted by molar-refractivity contribution is 6.30. The van der Waals surface area contributed by atoms with Crippen LogP contribution in [0.1, 0.15) is 33.5 Å². The van der Waals surface area contributed by atoms with Crippen LogP contribution in [0, 0.1) is 0 Å². The van der Waals surface area contributed by atoms with Crippen molar-refractivity contribution in [2.24, 2.45) is 5.73 Å². The number of anilines is 1. The first-order valence-corrected chi connectivity index (χ1v) is 14.3. The van der Waals surface area contributed by atoms with Gasteiger partial charge in [-0.3, -0.25) is 9.59 Å². The molecule has 0 aromatic heterocycles. The van der Waals surface area contributed by atoms with Crippen LogP contribution in [0.15, 0.2) is 97.1 Å². The molecule has 0 saturated carbocycles. The zero-order chi connectivity index (χ0) is 30.8. The second kappa shape index (κ2) is 15.2. The molecule has 0 bridgehead atoms. The van der Waals surface area contributed by atoms with Crippen LogP contribution < -0.4 is 21.1 Å². The van der Waals surface area contributed by atoms with Crippen molar-refractivity contribution in [1.82, 2.24) is 5.32 Å². The molecule has 2 atom stereocenters. The molecule has 0 aliphatic rings. The highest BCUT2D eigenvalue weighted by Crippen LogP contribution is 2.28. The normalized spacial score (nSPS) is 12.2. The summed E-state index contributed by atoms with van der Waals surface area (Å²) in [5.41, 5.74) is 9.27. The zero-order valence-corrected chi connectivity index (χ0v) is 24.6. The molecular weight excluding hydrogens is 589 g/mol. The van der Waals surface area contributed by atoms with E-state index in [1.54, 1.807) is 48.5 Å². The molecule has 0 radical (unpaired) electrons. The SMILES string of the molecule is N[C@@H](Cc1ccc(Cl)cc1)C(=O)Nc1ccc(C(=O)N[C@@H](CCc2ccccc2)C(=O)O)cc1OCc1ccc(Cl)cc1. The molecule has 0 aliphatic heterocycles. The van der Waals surface area contributed by atoms with Gasteiger partial charge < -0.3 is 26.2 Å². The quantitative estimate of drug-likeness (QED) is 0.147. The Morgan fingerprint density at radius 3 is 2.07 bits per heavy atom. The van der Waals surface area contributed by atoms with Crippen LogP contribution in [0.3, 0.4) is 0 Å². The maximum absolute atomic E-state index is 13.1. The average molecular weight is 621 g/mol. The van der Waals surface area contributed by atoms with E-state index in [1.165, 1.54) is 18.2 Å². The highest BCUT2D eigenvalue weighted by Gasteiger charge is 2.22. The van der Waals surface area contributed by atoms with Crippen molar-refractivity contribution in [2.75, 3.05) is 5.32 Å². The number of aryl methyl sites for hydroxylation is 1. The number of carbonyl (C=O) groups is 3. The van der Waals surface area contributed by atoms with Crippen molar-refractivity contribution in [2.45, 2.75) is 38.0 Å². The largest absolute Gasteiger partial charge is 0.487 e. The highest BCUT2D eigenvalue weighted by atomic mass is 35.5. The number of carbonyl (C=O) groups excluding carboxylic acids is 2. The monoisotopic (exact) mass is 619 g/mol. The fraction of sp³-hybridized carbons (Fsp3) is 0.182. The third-order valence-corrected chi connectivity index (χ3v) is 7.19. The molecule has 8 nitrogen and oxygen atoms in total.